The molecule has 0 aliphatic heterocycles. The fourth-order valence-corrected chi connectivity index (χ4v) is 1.56. The van der Waals surface area contributed by atoms with E-state index < -0.39 is 0 Å². The van der Waals surface area contributed by atoms with Gasteiger partial charge in [-0.15, -0.1) is 11.8 Å². The smallest absolute Gasteiger partial charge is 0.116 e. The Labute approximate surface area is 72.6 Å². The molecule has 10 heavy (non-hydrogen) atoms. The number of nitrogens with zero attached hydrogens (tertiary/aromatic N) is 2. The molecule has 0 saturated carbocycles. The van der Waals surface area contributed by atoms with Gasteiger partial charge < -0.3 is 0 Å². The monoisotopic (exact) mass is 218 g/mol. The van der Waals surface area contributed by atoms with Crippen LogP contribution in [0.3, 0.4) is 0 Å². The highest BCUT2D eigenvalue weighted by atomic mass is 79.9. The number of hydrogen-bond acceptors (Lipinski definition) is 3. The van der Waals surface area contributed by atoms with E-state index in [2.05, 4.69) is 25.9 Å². The summed E-state index contributed by atoms with van der Waals surface area (Å²) in [5.41, 5.74) is 0. The van der Waals surface area contributed by atoms with Crippen molar-refractivity contribution in [2.45, 2.75) is 5.03 Å². The summed E-state index contributed by atoms with van der Waals surface area (Å²) < 4.78 is 0. The number of thioether (sulfide) groups is 1. The lowest BCUT2D eigenvalue weighted by atomic mass is 10.7. The second-order valence-corrected chi connectivity index (χ2v) is 3.49. The molecule has 1 aromatic heterocycles. The number of halogens is 1. The van der Waals surface area contributed by atoms with E-state index in [4.69, 9.17) is 0 Å². The van der Waals surface area contributed by atoms with Gasteiger partial charge in [0.2, 0.25) is 0 Å². The summed E-state index contributed by atoms with van der Waals surface area (Å²) in [6, 6.07) is 1.91. The first kappa shape index (κ1) is 8.01. The Balaban J connectivity index is 2.43. The standard InChI is InChI=1S/C6H7BrN2S/c7-2-4-10-6-1-3-8-5-9-6/h1,3,5H,2,4H2. The molecule has 54 valence electrons. The molecule has 0 aliphatic carbocycles. The average Bonchev–Trinajstić information content (AvgIpc) is 2.03. The van der Waals surface area contributed by atoms with Gasteiger partial charge in [0.25, 0.3) is 0 Å². The second-order valence-electron chi connectivity index (χ2n) is 1.59. The number of hydrogen-bond donors (Lipinski definition) is 0. The van der Waals surface area contributed by atoms with Crippen molar-refractivity contribution >= 4 is 27.7 Å². The molecule has 0 atom stereocenters. The van der Waals surface area contributed by atoms with E-state index >= 15 is 0 Å². The minimum atomic E-state index is 1.00. The molecule has 0 bridgehead atoms. The van der Waals surface area contributed by atoms with Crippen LogP contribution in [0.25, 0.3) is 0 Å². The first-order chi connectivity index (χ1) is 4.93. The SMILES string of the molecule is BrCCSc1ccncn1. The van der Waals surface area contributed by atoms with Crippen LogP contribution in [0.2, 0.25) is 0 Å². The van der Waals surface area contributed by atoms with Crippen LogP contribution in [-0.4, -0.2) is 21.1 Å². The minimum Gasteiger partial charge on any atom is -0.245 e. The normalized spacial score (nSPS) is 9.70. The third kappa shape index (κ3) is 2.66. The van der Waals surface area contributed by atoms with Crippen molar-refractivity contribution in [1.82, 2.24) is 9.97 Å². The Morgan fingerprint density at radius 1 is 1.60 bits per heavy atom. The summed E-state index contributed by atoms with van der Waals surface area (Å²) in [6.45, 7) is 0. The number of aromatic nitrogens is 2. The van der Waals surface area contributed by atoms with Gasteiger partial charge in [-0.25, -0.2) is 9.97 Å². The van der Waals surface area contributed by atoms with Gasteiger partial charge in [-0.3, -0.25) is 0 Å². The van der Waals surface area contributed by atoms with E-state index in [0.717, 1.165) is 16.1 Å². The lowest BCUT2D eigenvalue weighted by Gasteiger charge is -1.94. The Kier molecular flexibility index (Phi) is 3.75. The summed E-state index contributed by atoms with van der Waals surface area (Å²) in [5.74, 6) is 1.05. The molecule has 0 radical (unpaired) electrons. The van der Waals surface area contributed by atoms with Crippen LogP contribution in [0, 0.1) is 0 Å². The fraction of sp³-hybridized carbons (Fsp3) is 0.333. The first-order valence-electron chi connectivity index (χ1n) is 2.88. The maximum atomic E-state index is 4.05. The summed E-state index contributed by atoms with van der Waals surface area (Å²) in [6.07, 6.45) is 3.32. The van der Waals surface area contributed by atoms with Crippen LogP contribution < -0.4 is 0 Å². The van der Waals surface area contributed by atoms with E-state index in [0.29, 0.717) is 0 Å². The molecular formula is C6H7BrN2S. The van der Waals surface area contributed by atoms with Crippen LogP contribution in [0.15, 0.2) is 23.6 Å². The second kappa shape index (κ2) is 4.68. The molecule has 2 nitrogen and oxygen atoms in total. The van der Waals surface area contributed by atoms with Crippen molar-refractivity contribution in [3.05, 3.63) is 18.6 Å². The lowest BCUT2D eigenvalue weighted by Crippen LogP contribution is -1.82. The number of rotatable bonds is 3. The highest BCUT2D eigenvalue weighted by molar-refractivity contribution is 9.09. The molecule has 0 aliphatic rings. The summed E-state index contributed by atoms with van der Waals surface area (Å²) in [5, 5.41) is 2.04. The Hall–Kier alpha value is -0.0900. The zero-order valence-electron chi connectivity index (χ0n) is 5.33. The lowest BCUT2D eigenvalue weighted by molar-refractivity contribution is 1.05. The van der Waals surface area contributed by atoms with Gasteiger partial charge in [0, 0.05) is 17.3 Å². The predicted octanol–water partition coefficient (Wildman–Crippen LogP) is 1.96. The van der Waals surface area contributed by atoms with Crippen molar-refractivity contribution in [3.8, 4) is 0 Å². The summed E-state index contributed by atoms with van der Waals surface area (Å²) in [7, 11) is 0. The number of alkyl halides is 1. The van der Waals surface area contributed by atoms with E-state index in [1.165, 1.54) is 0 Å². The fourth-order valence-electron chi connectivity index (χ4n) is 0.507. The predicted molar refractivity (Wildman–Crippen MR) is 46.6 cm³/mol. The van der Waals surface area contributed by atoms with Crippen molar-refractivity contribution in [1.29, 1.82) is 0 Å². The molecule has 0 N–H and O–H groups in total. The molecule has 1 heterocycles. The van der Waals surface area contributed by atoms with E-state index in [9.17, 15) is 0 Å². The van der Waals surface area contributed by atoms with Crippen LogP contribution in [0.4, 0.5) is 0 Å². The van der Waals surface area contributed by atoms with Crippen LogP contribution >= 0.6 is 27.7 Å². The molecule has 0 unspecified atom stereocenters. The van der Waals surface area contributed by atoms with Crippen molar-refractivity contribution in [3.63, 3.8) is 0 Å². The van der Waals surface area contributed by atoms with Gasteiger partial charge in [0.1, 0.15) is 6.33 Å². The summed E-state index contributed by atoms with van der Waals surface area (Å²) >= 11 is 5.07. The average molecular weight is 219 g/mol. The van der Waals surface area contributed by atoms with Gasteiger partial charge in [0.05, 0.1) is 5.03 Å². The van der Waals surface area contributed by atoms with Gasteiger partial charge in [-0.1, -0.05) is 15.9 Å². The van der Waals surface area contributed by atoms with Crippen LogP contribution in [0.5, 0.6) is 0 Å². The van der Waals surface area contributed by atoms with Crippen LogP contribution in [0.1, 0.15) is 0 Å². The molecular weight excluding hydrogens is 212 g/mol. The molecule has 0 fully saturated rings. The third-order valence-electron chi connectivity index (χ3n) is 0.882. The van der Waals surface area contributed by atoms with E-state index in [1.807, 2.05) is 6.07 Å². The van der Waals surface area contributed by atoms with Crippen molar-refractivity contribution in [2.75, 3.05) is 11.1 Å². The zero-order valence-corrected chi connectivity index (χ0v) is 7.73. The van der Waals surface area contributed by atoms with Gasteiger partial charge in [0.15, 0.2) is 0 Å². The topological polar surface area (TPSA) is 25.8 Å². The third-order valence-corrected chi connectivity index (χ3v) is 2.75. The Morgan fingerprint density at radius 2 is 2.50 bits per heavy atom. The molecule has 0 aromatic carbocycles. The highest BCUT2D eigenvalue weighted by Gasteiger charge is 1.90. The molecule has 0 spiro atoms. The first-order valence-corrected chi connectivity index (χ1v) is 4.99. The largest absolute Gasteiger partial charge is 0.245 e. The molecule has 0 saturated heterocycles. The Bertz CT molecular complexity index is 180. The van der Waals surface area contributed by atoms with Crippen molar-refractivity contribution < 1.29 is 0 Å². The van der Waals surface area contributed by atoms with E-state index in [-0.39, 0.29) is 0 Å². The minimum absolute atomic E-state index is 1.00. The quantitative estimate of drug-likeness (QED) is 0.441. The molecule has 1 aromatic rings. The molecule has 1 rings (SSSR count). The molecule has 4 heteroatoms. The van der Waals surface area contributed by atoms with E-state index in [1.54, 1.807) is 24.3 Å². The van der Waals surface area contributed by atoms with Crippen LogP contribution in [-0.2, 0) is 0 Å². The highest BCUT2D eigenvalue weighted by Crippen LogP contribution is 2.12. The zero-order chi connectivity index (χ0) is 7.23. The maximum absolute atomic E-state index is 4.05. The summed E-state index contributed by atoms with van der Waals surface area (Å²) in [4.78, 5) is 7.86. The van der Waals surface area contributed by atoms with Gasteiger partial charge in [-0.2, -0.15) is 0 Å². The van der Waals surface area contributed by atoms with Gasteiger partial charge >= 0.3 is 0 Å². The van der Waals surface area contributed by atoms with Crippen molar-refractivity contribution in [2.24, 2.45) is 0 Å². The molecule has 0 amide bonds. The maximum Gasteiger partial charge on any atom is 0.116 e. The van der Waals surface area contributed by atoms with Gasteiger partial charge in [-0.05, 0) is 6.07 Å². The Morgan fingerprint density at radius 3 is 3.10 bits per heavy atom.